The molecular formula is C3H11BN2O. The first kappa shape index (κ1) is 9.71. The Bertz CT molecular complexity index is 56.9. The molecule has 0 aliphatic carbocycles. The van der Waals surface area contributed by atoms with Crippen molar-refractivity contribution in [2.24, 2.45) is 0 Å². The molecular weight excluding hydrogens is 90.9 g/mol. The Labute approximate surface area is 44.5 Å². The third-order valence-electron chi connectivity index (χ3n) is 0.426. The van der Waals surface area contributed by atoms with Crippen molar-refractivity contribution < 1.29 is 4.79 Å². The number of nitrogens with one attached hydrogen (secondary N) is 1. The highest BCUT2D eigenvalue weighted by Gasteiger charge is 1.79. The maximum Gasteiger partial charge on any atom is 0.215 e. The van der Waals surface area contributed by atoms with Crippen LogP contribution < -0.4 is 11.5 Å². The summed E-state index contributed by atoms with van der Waals surface area (Å²) in [4.78, 5) is 9.93. The van der Waals surface area contributed by atoms with Crippen LogP contribution in [-0.2, 0) is 0 Å². The normalized spacial score (nSPS) is 6.43. The zero-order chi connectivity index (χ0) is 4.99. The smallest absolute Gasteiger partial charge is 0.215 e. The monoisotopic (exact) mass is 102 g/mol. The molecule has 42 valence electrons. The van der Waals surface area contributed by atoms with Crippen molar-refractivity contribution in [1.29, 1.82) is 0 Å². The largest absolute Gasteiger partial charge is 0.366 e. The molecule has 7 heavy (non-hydrogen) atoms. The van der Waals surface area contributed by atoms with Crippen molar-refractivity contribution in [3.63, 3.8) is 0 Å². The van der Waals surface area contributed by atoms with E-state index in [4.69, 9.17) is 0 Å². The average Bonchev–Trinajstić information content (AvgIpc) is 1.35. The summed E-state index contributed by atoms with van der Waals surface area (Å²) in [6.07, 6.45) is 0. The summed E-state index contributed by atoms with van der Waals surface area (Å²) in [5, 5.41) is 2.57. The molecule has 0 radical (unpaired) electrons. The van der Waals surface area contributed by atoms with E-state index in [1.54, 1.807) is 0 Å². The molecule has 0 heterocycles. The van der Waals surface area contributed by atoms with E-state index < -0.39 is 0 Å². The van der Waals surface area contributed by atoms with Crippen LogP contribution in [0.4, 0.5) is 4.79 Å². The highest BCUT2D eigenvalue weighted by Crippen LogP contribution is 1.53. The van der Waals surface area contributed by atoms with Gasteiger partial charge in [0.1, 0.15) is 0 Å². The molecule has 0 aromatic rings. The fourth-order valence-corrected chi connectivity index (χ4v) is 0.249. The lowest BCUT2D eigenvalue weighted by atomic mass is 10.1. The van der Waals surface area contributed by atoms with Gasteiger partial charge in [-0.2, -0.15) is 0 Å². The van der Waals surface area contributed by atoms with Gasteiger partial charge in [-0.25, -0.2) is 0 Å². The quantitative estimate of drug-likeness (QED) is 0.438. The second kappa shape index (κ2) is 5.49. The summed E-state index contributed by atoms with van der Waals surface area (Å²) < 4.78 is 0. The van der Waals surface area contributed by atoms with Gasteiger partial charge in [-0.15, -0.1) is 0 Å². The maximum atomic E-state index is 9.93. The van der Waals surface area contributed by atoms with Crippen LogP contribution in [0.2, 0.25) is 0 Å². The lowest BCUT2D eigenvalue weighted by Gasteiger charge is -1.89. The van der Waals surface area contributed by atoms with E-state index in [0.29, 0.717) is 0 Å². The van der Waals surface area contributed by atoms with Crippen molar-refractivity contribution in [3.05, 3.63) is 0 Å². The molecule has 0 aliphatic heterocycles. The molecule has 0 fully saturated rings. The Morgan fingerprint density at radius 2 is 2.29 bits per heavy atom. The zero-order valence-electron chi connectivity index (χ0n) is 4.82. The molecule has 0 atom stereocenters. The molecule has 0 rings (SSSR count). The molecule has 0 unspecified atom stereocenters. The van der Waals surface area contributed by atoms with Gasteiger partial charge in [-0.3, -0.25) is 4.79 Å². The molecule has 0 bridgehead atoms. The van der Waals surface area contributed by atoms with Gasteiger partial charge in [-0.1, -0.05) is 0 Å². The van der Waals surface area contributed by atoms with Crippen LogP contribution >= 0.6 is 0 Å². The van der Waals surface area contributed by atoms with Crippen LogP contribution in [0, 0.1) is 0 Å². The number of carbonyl (C=O) groups is 1. The fraction of sp³-hybridized carbons (Fsp3) is 0.667. The molecule has 0 aromatic heterocycles. The van der Waals surface area contributed by atoms with Crippen LogP contribution in [0.5, 0.6) is 0 Å². The average molecular weight is 102 g/mol. The fourth-order valence-electron chi connectivity index (χ4n) is 0.249. The third-order valence-corrected chi connectivity index (χ3v) is 0.426. The van der Waals surface area contributed by atoms with Crippen LogP contribution in [0.15, 0.2) is 0 Å². The Kier molecular flexibility index (Phi) is 7.62. The third kappa shape index (κ3) is 10.8. The van der Waals surface area contributed by atoms with E-state index in [1.165, 1.54) is 7.85 Å². The molecule has 0 aliphatic rings. The summed E-state index contributed by atoms with van der Waals surface area (Å²) >= 11 is 0. The molecule has 0 saturated heterocycles. The SMILES string of the molecule is BC(=O)NCC.N. The molecule has 4 heteroatoms. The predicted octanol–water partition coefficient (Wildman–Crippen LogP) is -0.489. The topological polar surface area (TPSA) is 64.1 Å². The Morgan fingerprint density at radius 1 is 1.86 bits per heavy atom. The van der Waals surface area contributed by atoms with Crippen molar-refractivity contribution in [2.45, 2.75) is 6.92 Å². The summed E-state index contributed by atoms with van der Waals surface area (Å²) in [5.41, 5.74) is 0. The molecule has 0 aromatic carbocycles. The first-order valence-corrected chi connectivity index (χ1v) is 2.01. The number of hydrogen-bond acceptors (Lipinski definition) is 2. The minimum absolute atomic E-state index is 0. The molecule has 0 saturated carbocycles. The van der Waals surface area contributed by atoms with Gasteiger partial charge in [0.25, 0.3) is 0 Å². The lowest BCUT2D eigenvalue weighted by Crippen LogP contribution is -2.20. The van der Waals surface area contributed by atoms with E-state index in [2.05, 4.69) is 5.32 Å². The van der Waals surface area contributed by atoms with Crippen molar-refractivity contribution in [2.75, 3.05) is 6.54 Å². The highest BCUT2D eigenvalue weighted by atomic mass is 16.1. The van der Waals surface area contributed by atoms with E-state index in [0.717, 1.165) is 6.54 Å². The van der Waals surface area contributed by atoms with Gasteiger partial charge in [0, 0.05) is 6.54 Å². The lowest BCUT2D eigenvalue weighted by molar-refractivity contribution is 0.260. The Balaban J connectivity index is 0. The van der Waals surface area contributed by atoms with Gasteiger partial charge >= 0.3 is 0 Å². The van der Waals surface area contributed by atoms with Gasteiger partial charge < -0.3 is 11.5 Å². The van der Waals surface area contributed by atoms with Gasteiger partial charge in [0.05, 0.1) is 0 Å². The van der Waals surface area contributed by atoms with Crippen molar-refractivity contribution >= 4 is 13.7 Å². The number of carbonyl (C=O) groups excluding carboxylic acids is 1. The van der Waals surface area contributed by atoms with Crippen molar-refractivity contribution in [3.8, 4) is 0 Å². The standard InChI is InChI=1S/C3H8BNO.H3N/c1-2-5-3(4)6;/h2,4H2,1H3,(H,5,6);1H3. The van der Waals surface area contributed by atoms with Gasteiger partial charge in [0.15, 0.2) is 5.81 Å². The number of hydrogen-bond donors (Lipinski definition) is 2. The van der Waals surface area contributed by atoms with Gasteiger partial charge in [-0.05, 0) is 6.92 Å². The Morgan fingerprint density at radius 3 is 2.29 bits per heavy atom. The van der Waals surface area contributed by atoms with E-state index in [-0.39, 0.29) is 12.0 Å². The number of rotatable bonds is 1. The van der Waals surface area contributed by atoms with Crippen molar-refractivity contribution in [1.82, 2.24) is 11.5 Å². The van der Waals surface area contributed by atoms with E-state index in [1.807, 2.05) is 6.92 Å². The van der Waals surface area contributed by atoms with E-state index in [9.17, 15) is 4.79 Å². The minimum Gasteiger partial charge on any atom is -0.366 e. The minimum atomic E-state index is 0. The summed E-state index contributed by atoms with van der Waals surface area (Å²) in [5.74, 6) is 0.0394. The van der Waals surface area contributed by atoms with Gasteiger partial charge in [0.2, 0.25) is 7.85 Å². The van der Waals surface area contributed by atoms with Crippen LogP contribution in [0.3, 0.4) is 0 Å². The number of amides is 1. The molecule has 0 spiro atoms. The summed E-state index contributed by atoms with van der Waals surface area (Å²) in [7, 11) is 1.50. The van der Waals surface area contributed by atoms with Crippen LogP contribution in [0.1, 0.15) is 6.92 Å². The Hall–Kier alpha value is -0.505. The summed E-state index contributed by atoms with van der Waals surface area (Å²) in [6, 6.07) is 0. The second-order valence-corrected chi connectivity index (χ2v) is 1.09. The first-order valence-electron chi connectivity index (χ1n) is 2.01. The zero-order valence-corrected chi connectivity index (χ0v) is 4.82. The predicted molar refractivity (Wildman–Crippen MR) is 32.6 cm³/mol. The molecule has 4 N–H and O–H groups in total. The van der Waals surface area contributed by atoms with Crippen LogP contribution in [0.25, 0.3) is 0 Å². The molecule has 3 nitrogen and oxygen atoms in total. The highest BCUT2D eigenvalue weighted by molar-refractivity contribution is 6.57. The van der Waals surface area contributed by atoms with Crippen LogP contribution in [-0.4, -0.2) is 20.2 Å². The maximum absolute atomic E-state index is 9.93. The van der Waals surface area contributed by atoms with E-state index >= 15 is 0 Å². The summed E-state index contributed by atoms with van der Waals surface area (Å²) in [6.45, 7) is 2.62. The first-order chi connectivity index (χ1) is 2.77. The molecule has 1 amide bonds. The second-order valence-electron chi connectivity index (χ2n) is 1.09.